The third-order valence-corrected chi connectivity index (χ3v) is 5.48. The number of hydrogen-bond acceptors (Lipinski definition) is 4. The van der Waals surface area contributed by atoms with E-state index in [1.54, 1.807) is 12.3 Å². The molecule has 5 nitrogen and oxygen atoms in total. The van der Waals surface area contributed by atoms with Crippen LogP contribution in [0.5, 0.6) is 5.75 Å². The summed E-state index contributed by atoms with van der Waals surface area (Å²) in [6, 6.07) is 9.56. The van der Waals surface area contributed by atoms with Crippen LogP contribution in [0.2, 0.25) is 0 Å². The highest BCUT2D eigenvalue weighted by Crippen LogP contribution is 2.43. The van der Waals surface area contributed by atoms with Crippen LogP contribution < -0.4 is 10.1 Å². The summed E-state index contributed by atoms with van der Waals surface area (Å²) < 4.78 is 36.8. The van der Waals surface area contributed by atoms with Gasteiger partial charge in [0.1, 0.15) is 17.7 Å². The molecule has 0 radical (unpaired) electrons. The second kappa shape index (κ2) is 8.45. The van der Waals surface area contributed by atoms with Gasteiger partial charge in [-0.15, -0.1) is 0 Å². The monoisotopic (exact) mass is 402 g/mol. The largest absolute Gasteiger partial charge is 0.490 e. The van der Waals surface area contributed by atoms with Crippen molar-refractivity contribution in [2.24, 2.45) is 11.8 Å². The number of pyridine rings is 1. The van der Waals surface area contributed by atoms with E-state index in [4.69, 9.17) is 9.47 Å². The molecule has 1 aliphatic carbocycles. The van der Waals surface area contributed by atoms with Gasteiger partial charge in [0.2, 0.25) is 12.3 Å². The molecule has 2 aromatic rings. The van der Waals surface area contributed by atoms with Gasteiger partial charge in [-0.2, -0.15) is 0 Å². The second-order valence-corrected chi connectivity index (χ2v) is 7.67. The van der Waals surface area contributed by atoms with Gasteiger partial charge in [0.15, 0.2) is 0 Å². The normalized spacial score (nSPS) is 21.8. The summed E-state index contributed by atoms with van der Waals surface area (Å²) in [7, 11) is 0. The molecule has 2 aliphatic rings. The van der Waals surface area contributed by atoms with Gasteiger partial charge in [-0.3, -0.25) is 4.79 Å². The molecule has 1 amide bonds. The third-order valence-electron chi connectivity index (χ3n) is 5.48. The van der Waals surface area contributed by atoms with Crippen molar-refractivity contribution in [1.29, 1.82) is 0 Å². The fourth-order valence-electron chi connectivity index (χ4n) is 3.63. The molecular weight excluding hydrogens is 378 g/mol. The van der Waals surface area contributed by atoms with Crippen molar-refractivity contribution in [2.45, 2.75) is 38.7 Å². The molecule has 1 aromatic heterocycles. The first-order valence-corrected chi connectivity index (χ1v) is 9.92. The molecular formula is C22H24F2N2O3. The van der Waals surface area contributed by atoms with Crippen LogP contribution in [-0.2, 0) is 9.53 Å². The zero-order valence-corrected chi connectivity index (χ0v) is 16.2. The van der Waals surface area contributed by atoms with Crippen molar-refractivity contribution < 1.29 is 23.0 Å². The molecule has 2 fully saturated rings. The molecule has 2 atom stereocenters. The van der Waals surface area contributed by atoms with Crippen molar-refractivity contribution in [3.8, 4) is 16.9 Å². The van der Waals surface area contributed by atoms with Crippen LogP contribution in [-0.4, -0.2) is 36.6 Å². The Bertz CT molecular complexity index is 884. The number of alkyl halides is 2. The number of halogens is 2. The smallest absolute Gasteiger partial charge is 0.242 e. The molecule has 7 heteroatoms. The maximum Gasteiger partial charge on any atom is 0.242 e. The molecule has 154 valence electrons. The van der Waals surface area contributed by atoms with Crippen LogP contribution in [0.3, 0.4) is 0 Å². The number of nitrogens with zero attached hydrogens (tertiary/aromatic N) is 1. The molecule has 2 heterocycles. The number of carbonyl (C=O) groups is 1. The maximum absolute atomic E-state index is 12.7. The predicted molar refractivity (Wildman–Crippen MR) is 105 cm³/mol. The van der Waals surface area contributed by atoms with E-state index in [-0.39, 0.29) is 12.5 Å². The summed E-state index contributed by atoms with van der Waals surface area (Å²) in [6.07, 6.45) is 1.34. The van der Waals surface area contributed by atoms with E-state index in [1.807, 2.05) is 31.2 Å². The molecule has 29 heavy (non-hydrogen) atoms. The van der Waals surface area contributed by atoms with Gasteiger partial charge in [0.25, 0.3) is 0 Å². The van der Waals surface area contributed by atoms with E-state index in [0.29, 0.717) is 5.82 Å². The Hall–Kier alpha value is -2.54. The van der Waals surface area contributed by atoms with Gasteiger partial charge in [0.05, 0.1) is 13.2 Å². The van der Waals surface area contributed by atoms with Crippen molar-refractivity contribution >= 4 is 11.7 Å². The summed E-state index contributed by atoms with van der Waals surface area (Å²) in [6.45, 7) is 3.46. The Morgan fingerprint density at radius 3 is 2.66 bits per heavy atom. The standard InChI is InChI=1S/C22H24F2N2O3/c1-13-10-14(2-3-19(13)29-16-5-8-28-9-6-16)15-4-7-25-20(11-15)26-22(27)18-12-17(18)21(23)24/h2-4,7,10-11,16-18,21H,5-6,8-9,12H2,1H3,(H,25,26,27)/t17-,18-/m0/s1. The Balaban J connectivity index is 1.43. The second-order valence-electron chi connectivity index (χ2n) is 7.67. The highest BCUT2D eigenvalue weighted by Gasteiger charge is 2.48. The highest BCUT2D eigenvalue weighted by molar-refractivity contribution is 5.94. The van der Waals surface area contributed by atoms with Gasteiger partial charge in [-0.1, -0.05) is 6.07 Å². The molecule has 0 unspecified atom stereocenters. The number of hydrogen-bond donors (Lipinski definition) is 1. The molecule has 1 aromatic carbocycles. The average molecular weight is 402 g/mol. The summed E-state index contributed by atoms with van der Waals surface area (Å²) in [4.78, 5) is 16.3. The van der Waals surface area contributed by atoms with E-state index in [1.165, 1.54) is 0 Å². The van der Waals surface area contributed by atoms with E-state index in [2.05, 4.69) is 10.3 Å². The first-order valence-electron chi connectivity index (χ1n) is 9.92. The Morgan fingerprint density at radius 1 is 1.21 bits per heavy atom. The molecule has 1 saturated heterocycles. The number of nitrogens with one attached hydrogen (secondary N) is 1. The van der Waals surface area contributed by atoms with E-state index in [9.17, 15) is 13.6 Å². The Kier molecular flexibility index (Phi) is 5.76. The van der Waals surface area contributed by atoms with Crippen molar-refractivity contribution in [3.63, 3.8) is 0 Å². The fourth-order valence-corrected chi connectivity index (χ4v) is 3.63. The van der Waals surface area contributed by atoms with E-state index >= 15 is 0 Å². The lowest BCUT2D eigenvalue weighted by Crippen LogP contribution is -2.26. The molecule has 0 spiro atoms. The van der Waals surface area contributed by atoms with Crippen LogP contribution in [0.1, 0.15) is 24.8 Å². The summed E-state index contributed by atoms with van der Waals surface area (Å²) in [5, 5.41) is 2.66. The first-order chi connectivity index (χ1) is 14.0. The molecule has 0 bridgehead atoms. The van der Waals surface area contributed by atoms with Gasteiger partial charge in [-0.05, 0) is 54.3 Å². The fraction of sp³-hybridized carbons (Fsp3) is 0.455. The number of amides is 1. The number of ether oxygens (including phenoxy) is 2. The predicted octanol–water partition coefficient (Wildman–Crippen LogP) is 4.45. The van der Waals surface area contributed by atoms with Gasteiger partial charge in [-0.25, -0.2) is 13.8 Å². The molecule has 1 N–H and O–H groups in total. The Labute approximate surface area is 168 Å². The van der Waals surface area contributed by atoms with E-state index in [0.717, 1.165) is 48.5 Å². The SMILES string of the molecule is Cc1cc(-c2ccnc(NC(=O)[C@H]3C[C@@H]3C(F)F)c2)ccc1OC1CCOCC1. The van der Waals surface area contributed by atoms with Crippen LogP contribution in [0.4, 0.5) is 14.6 Å². The van der Waals surface area contributed by atoms with Gasteiger partial charge < -0.3 is 14.8 Å². The minimum atomic E-state index is -2.45. The molecule has 1 aliphatic heterocycles. The lowest BCUT2D eigenvalue weighted by molar-refractivity contribution is -0.118. The summed E-state index contributed by atoms with van der Waals surface area (Å²) in [5.41, 5.74) is 2.88. The third kappa shape index (κ3) is 4.72. The highest BCUT2D eigenvalue weighted by atomic mass is 19.3. The molecule has 1 saturated carbocycles. The first kappa shape index (κ1) is 19.8. The number of rotatable bonds is 6. The van der Waals surface area contributed by atoms with Gasteiger partial charge in [0, 0.05) is 30.9 Å². The summed E-state index contributed by atoms with van der Waals surface area (Å²) >= 11 is 0. The van der Waals surface area contributed by atoms with Crippen LogP contribution >= 0.6 is 0 Å². The van der Waals surface area contributed by atoms with Crippen molar-refractivity contribution in [2.75, 3.05) is 18.5 Å². The minimum Gasteiger partial charge on any atom is -0.490 e. The lowest BCUT2D eigenvalue weighted by atomic mass is 10.0. The zero-order valence-electron chi connectivity index (χ0n) is 16.2. The summed E-state index contributed by atoms with van der Waals surface area (Å²) in [5.74, 6) is -0.618. The number of aromatic nitrogens is 1. The lowest BCUT2D eigenvalue weighted by Gasteiger charge is -2.24. The zero-order chi connectivity index (χ0) is 20.4. The van der Waals surface area contributed by atoms with Gasteiger partial charge >= 0.3 is 0 Å². The number of aryl methyl sites for hydroxylation is 1. The minimum absolute atomic E-state index is 0.176. The topological polar surface area (TPSA) is 60.5 Å². The van der Waals surface area contributed by atoms with Crippen LogP contribution in [0.15, 0.2) is 36.5 Å². The van der Waals surface area contributed by atoms with Crippen molar-refractivity contribution in [3.05, 3.63) is 42.1 Å². The van der Waals surface area contributed by atoms with E-state index < -0.39 is 24.2 Å². The quantitative estimate of drug-likeness (QED) is 0.775. The van der Waals surface area contributed by atoms with Crippen molar-refractivity contribution in [1.82, 2.24) is 4.98 Å². The molecule has 4 rings (SSSR count). The number of anilines is 1. The number of carbonyl (C=O) groups excluding carboxylic acids is 1. The number of benzene rings is 1. The average Bonchev–Trinajstić information content (AvgIpc) is 3.52. The van der Waals surface area contributed by atoms with Crippen LogP contribution in [0.25, 0.3) is 11.1 Å². The Morgan fingerprint density at radius 2 is 1.97 bits per heavy atom. The van der Waals surface area contributed by atoms with Crippen LogP contribution in [0, 0.1) is 18.8 Å². The maximum atomic E-state index is 12.7.